The van der Waals surface area contributed by atoms with Crippen LogP contribution in [0, 0.1) is 0 Å². The van der Waals surface area contributed by atoms with Gasteiger partial charge in [-0.3, -0.25) is 4.79 Å². The SMILES string of the molecule is C=COCCCCOC(=O)C(=O)/C=C/c1ccccc1. The van der Waals surface area contributed by atoms with E-state index in [1.54, 1.807) is 6.08 Å². The Kier molecular flexibility index (Phi) is 7.50. The average Bonchev–Trinajstić information content (AvgIpc) is 2.49. The van der Waals surface area contributed by atoms with Crippen LogP contribution in [0.25, 0.3) is 6.08 Å². The molecule has 0 fully saturated rings. The number of esters is 1. The molecule has 0 spiro atoms. The van der Waals surface area contributed by atoms with Gasteiger partial charge in [-0.2, -0.15) is 0 Å². The van der Waals surface area contributed by atoms with Crippen molar-refractivity contribution in [1.29, 1.82) is 0 Å². The Hall–Kier alpha value is -2.36. The summed E-state index contributed by atoms with van der Waals surface area (Å²) >= 11 is 0. The smallest absolute Gasteiger partial charge is 0.379 e. The van der Waals surface area contributed by atoms with Crippen LogP contribution in [-0.4, -0.2) is 25.0 Å². The number of carbonyl (C=O) groups excluding carboxylic acids is 2. The fraction of sp³-hybridized carbons (Fsp3) is 0.250. The molecular weight excluding hydrogens is 256 g/mol. The van der Waals surface area contributed by atoms with Gasteiger partial charge in [-0.05, 0) is 24.5 Å². The fourth-order valence-corrected chi connectivity index (χ4v) is 1.41. The highest BCUT2D eigenvalue weighted by Crippen LogP contribution is 2.01. The van der Waals surface area contributed by atoms with Crippen LogP contribution >= 0.6 is 0 Å². The van der Waals surface area contributed by atoms with Gasteiger partial charge in [-0.15, -0.1) is 0 Å². The van der Waals surface area contributed by atoms with E-state index in [2.05, 4.69) is 6.58 Å². The average molecular weight is 274 g/mol. The van der Waals surface area contributed by atoms with Crippen molar-refractivity contribution >= 4 is 17.8 Å². The van der Waals surface area contributed by atoms with Gasteiger partial charge in [0.05, 0.1) is 19.5 Å². The van der Waals surface area contributed by atoms with E-state index in [0.29, 0.717) is 13.0 Å². The molecule has 0 atom stereocenters. The van der Waals surface area contributed by atoms with Crippen molar-refractivity contribution in [2.45, 2.75) is 12.8 Å². The van der Waals surface area contributed by atoms with Crippen molar-refractivity contribution in [3.05, 3.63) is 54.8 Å². The number of rotatable bonds is 9. The topological polar surface area (TPSA) is 52.6 Å². The van der Waals surface area contributed by atoms with Crippen molar-refractivity contribution in [3.8, 4) is 0 Å². The van der Waals surface area contributed by atoms with E-state index in [1.807, 2.05) is 30.3 Å². The molecule has 20 heavy (non-hydrogen) atoms. The summed E-state index contributed by atoms with van der Waals surface area (Å²) in [6.45, 7) is 4.16. The molecule has 1 aromatic rings. The summed E-state index contributed by atoms with van der Waals surface area (Å²) in [6, 6.07) is 9.27. The maximum atomic E-state index is 11.5. The minimum absolute atomic E-state index is 0.213. The quantitative estimate of drug-likeness (QED) is 0.228. The van der Waals surface area contributed by atoms with Crippen LogP contribution in [0.4, 0.5) is 0 Å². The van der Waals surface area contributed by atoms with E-state index in [0.717, 1.165) is 12.0 Å². The van der Waals surface area contributed by atoms with Gasteiger partial charge < -0.3 is 9.47 Å². The van der Waals surface area contributed by atoms with Crippen LogP contribution in [0.5, 0.6) is 0 Å². The number of hydrogen-bond acceptors (Lipinski definition) is 4. The lowest BCUT2D eigenvalue weighted by Gasteiger charge is -2.02. The lowest BCUT2D eigenvalue weighted by Crippen LogP contribution is -2.15. The third-order valence-corrected chi connectivity index (χ3v) is 2.44. The molecule has 0 aromatic heterocycles. The maximum Gasteiger partial charge on any atom is 0.379 e. The van der Waals surface area contributed by atoms with E-state index < -0.39 is 11.8 Å². The number of carbonyl (C=O) groups is 2. The second kappa shape index (κ2) is 9.55. The van der Waals surface area contributed by atoms with E-state index in [4.69, 9.17) is 9.47 Å². The van der Waals surface area contributed by atoms with Gasteiger partial charge in [0.1, 0.15) is 0 Å². The predicted octanol–water partition coefficient (Wildman–Crippen LogP) is 2.75. The predicted molar refractivity (Wildman–Crippen MR) is 76.8 cm³/mol. The molecule has 1 rings (SSSR count). The molecule has 0 saturated heterocycles. The van der Waals surface area contributed by atoms with Gasteiger partial charge in [0.15, 0.2) is 0 Å². The van der Waals surface area contributed by atoms with Crippen LogP contribution in [-0.2, 0) is 19.1 Å². The highest BCUT2D eigenvalue weighted by molar-refractivity contribution is 6.39. The molecular formula is C16H18O4. The minimum atomic E-state index is -0.832. The molecule has 0 bridgehead atoms. The van der Waals surface area contributed by atoms with Crippen LogP contribution < -0.4 is 0 Å². The van der Waals surface area contributed by atoms with Gasteiger partial charge in [0, 0.05) is 0 Å². The highest BCUT2D eigenvalue weighted by Gasteiger charge is 2.11. The Morgan fingerprint density at radius 1 is 1.10 bits per heavy atom. The minimum Gasteiger partial charge on any atom is -0.502 e. The second-order valence-electron chi connectivity index (χ2n) is 3.99. The number of ketones is 1. The Morgan fingerprint density at radius 3 is 2.50 bits per heavy atom. The Balaban J connectivity index is 2.24. The van der Waals surface area contributed by atoms with Gasteiger partial charge >= 0.3 is 5.97 Å². The van der Waals surface area contributed by atoms with Crippen LogP contribution in [0.15, 0.2) is 49.2 Å². The molecule has 4 heteroatoms. The monoisotopic (exact) mass is 274 g/mol. The van der Waals surface area contributed by atoms with Gasteiger partial charge in [-0.1, -0.05) is 43.0 Å². The summed E-state index contributed by atoms with van der Waals surface area (Å²) in [4.78, 5) is 22.9. The summed E-state index contributed by atoms with van der Waals surface area (Å²) in [5.74, 6) is -1.49. The van der Waals surface area contributed by atoms with Crippen LogP contribution in [0.1, 0.15) is 18.4 Å². The van der Waals surface area contributed by atoms with E-state index in [1.165, 1.54) is 12.3 Å². The molecule has 0 heterocycles. The molecule has 0 radical (unpaired) electrons. The molecule has 106 valence electrons. The number of benzene rings is 1. The Labute approximate surface area is 118 Å². The highest BCUT2D eigenvalue weighted by atomic mass is 16.5. The molecule has 1 aromatic carbocycles. The van der Waals surface area contributed by atoms with Crippen LogP contribution in [0.2, 0.25) is 0 Å². The first-order valence-corrected chi connectivity index (χ1v) is 6.41. The van der Waals surface area contributed by atoms with Gasteiger partial charge in [0.25, 0.3) is 5.78 Å². The maximum absolute atomic E-state index is 11.5. The first-order valence-electron chi connectivity index (χ1n) is 6.41. The first kappa shape index (κ1) is 15.7. The third-order valence-electron chi connectivity index (χ3n) is 2.44. The normalized spacial score (nSPS) is 10.2. The van der Waals surface area contributed by atoms with Crippen molar-refractivity contribution < 1.29 is 19.1 Å². The Morgan fingerprint density at radius 2 is 1.80 bits per heavy atom. The fourth-order valence-electron chi connectivity index (χ4n) is 1.41. The van der Waals surface area contributed by atoms with Crippen molar-refractivity contribution in [2.75, 3.05) is 13.2 Å². The molecule has 0 aliphatic carbocycles. The zero-order valence-corrected chi connectivity index (χ0v) is 11.3. The molecule has 0 unspecified atom stereocenters. The van der Waals surface area contributed by atoms with Crippen molar-refractivity contribution in [1.82, 2.24) is 0 Å². The lowest BCUT2D eigenvalue weighted by atomic mass is 10.2. The molecule has 0 saturated carbocycles. The number of ether oxygens (including phenoxy) is 2. The number of unbranched alkanes of at least 4 members (excludes halogenated alkanes) is 1. The summed E-state index contributed by atoms with van der Waals surface area (Å²) < 4.78 is 9.77. The second-order valence-corrected chi connectivity index (χ2v) is 3.99. The zero-order chi connectivity index (χ0) is 14.6. The van der Waals surface area contributed by atoms with Crippen LogP contribution in [0.3, 0.4) is 0 Å². The van der Waals surface area contributed by atoms with Gasteiger partial charge in [0.2, 0.25) is 0 Å². The zero-order valence-electron chi connectivity index (χ0n) is 11.3. The van der Waals surface area contributed by atoms with E-state index in [-0.39, 0.29) is 6.61 Å². The van der Waals surface area contributed by atoms with Gasteiger partial charge in [-0.25, -0.2) is 4.79 Å². The summed E-state index contributed by atoms with van der Waals surface area (Å²) in [5.41, 5.74) is 0.857. The largest absolute Gasteiger partial charge is 0.502 e. The van der Waals surface area contributed by atoms with Crippen molar-refractivity contribution in [2.24, 2.45) is 0 Å². The third kappa shape index (κ3) is 6.54. The molecule has 0 aliphatic heterocycles. The summed E-state index contributed by atoms with van der Waals surface area (Å²) in [6.07, 6.45) is 5.56. The van der Waals surface area contributed by atoms with E-state index >= 15 is 0 Å². The standard InChI is InChI=1S/C16H18O4/c1-2-19-12-6-7-13-20-16(18)15(17)11-10-14-8-4-3-5-9-14/h2-5,8-11H,1,6-7,12-13H2/b11-10+. The lowest BCUT2D eigenvalue weighted by molar-refractivity contribution is -0.151. The van der Waals surface area contributed by atoms with Crippen molar-refractivity contribution in [3.63, 3.8) is 0 Å². The molecule has 0 aliphatic rings. The number of hydrogen-bond donors (Lipinski definition) is 0. The first-order chi connectivity index (χ1) is 9.74. The summed E-state index contributed by atoms with van der Waals surface area (Å²) in [7, 11) is 0. The summed E-state index contributed by atoms with van der Waals surface area (Å²) in [5, 5.41) is 0. The Bertz CT molecular complexity index is 463. The molecule has 4 nitrogen and oxygen atoms in total. The molecule has 0 amide bonds. The van der Waals surface area contributed by atoms with E-state index in [9.17, 15) is 9.59 Å². The molecule has 0 N–H and O–H groups in total.